The number of anilines is 1. The number of rotatable bonds is 4. The fourth-order valence-electron chi connectivity index (χ4n) is 4.20. The highest BCUT2D eigenvalue weighted by Gasteiger charge is 2.45. The number of carbonyl (C=O) groups excluding carboxylic acids is 2. The van der Waals surface area contributed by atoms with Gasteiger partial charge in [-0.1, -0.05) is 64.6 Å². The lowest BCUT2D eigenvalue weighted by Crippen LogP contribution is -2.31. The molecule has 1 aromatic heterocycles. The van der Waals surface area contributed by atoms with Crippen LogP contribution in [0.5, 0.6) is 0 Å². The lowest BCUT2D eigenvalue weighted by Gasteiger charge is -2.27. The Morgan fingerprint density at radius 3 is 2.38 bits per heavy atom. The van der Waals surface area contributed by atoms with Crippen LogP contribution in [0.1, 0.15) is 27.7 Å². The SMILES string of the molecule is Cc1cccc(C2C(C(=O)c3cc4cc(Cl)ccc4o3)=C(O)C(=O)N2c2cc(Cl)cc(Cl)c2)c1. The van der Waals surface area contributed by atoms with Gasteiger partial charge in [0.2, 0.25) is 5.78 Å². The molecule has 0 spiro atoms. The Kier molecular flexibility index (Phi) is 5.64. The molecule has 1 aliphatic heterocycles. The van der Waals surface area contributed by atoms with Gasteiger partial charge in [0.25, 0.3) is 5.91 Å². The first-order valence-corrected chi connectivity index (χ1v) is 11.4. The summed E-state index contributed by atoms with van der Waals surface area (Å²) in [5.41, 5.74) is 2.26. The number of carbonyl (C=O) groups is 2. The molecule has 2 heterocycles. The highest BCUT2D eigenvalue weighted by Crippen LogP contribution is 2.43. The molecular weight excluding hydrogens is 497 g/mol. The van der Waals surface area contributed by atoms with Crippen LogP contribution in [0.2, 0.25) is 15.1 Å². The Balaban J connectivity index is 1.68. The maximum Gasteiger partial charge on any atom is 0.294 e. The summed E-state index contributed by atoms with van der Waals surface area (Å²) in [5, 5.41) is 12.7. The van der Waals surface area contributed by atoms with Crippen molar-refractivity contribution in [1.29, 1.82) is 0 Å². The normalized spacial score (nSPS) is 16.1. The zero-order chi connectivity index (χ0) is 24.1. The second-order valence-electron chi connectivity index (χ2n) is 8.00. The largest absolute Gasteiger partial charge is 0.503 e. The number of fused-ring (bicyclic) bond motifs is 1. The van der Waals surface area contributed by atoms with Gasteiger partial charge in [0.05, 0.1) is 11.6 Å². The number of furan rings is 1. The zero-order valence-corrected chi connectivity index (χ0v) is 19.9. The summed E-state index contributed by atoms with van der Waals surface area (Å²) in [6, 6.07) is 17.6. The second kappa shape index (κ2) is 8.51. The summed E-state index contributed by atoms with van der Waals surface area (Å²) in [4.78, 5) is 28.3. The zero-order valence-electron chi connectivity index (χ0n) is 17.7. The van der Waals surface area contributed by atoms with Gasteiger partial charge in [-0.05, 0) is 55.0 Å². The summed E-state index contributed by atoms with van der Waals surface area (Å²) in [6.07, 6.45) is 0. The average Bonchev–Trinajstić information content (AvgIpc) is 3.31. The van der Waals surface area contributed by atoms with Crippen LogP contribution in [0.3, 0.4) is 0 Å². The highest BCUT2D eigenvalue weighted by molar-refractivity contribution is 6.35. The van der Waals surface area contributed by atoms with Crippen molar-refractivity contribution in [2.24, 2.45) is 0 Å². The molecule has 170 valence electrons. The van der Waals surface area contributed by atoms with Crippen LogP contribution < -0.4 is 4.90 Å². The molecule has 34 heavy (non-hydrogen) atoms. The lowest BCUT2D eigenvalue weighted by atomic mass is 9.94. The van der Waals surface area contributed by atoms with Crippen molar-refractivity contribution >= 4 is 63.1 Å². The lowest BCUT2D eigenvalue weighted by molar-refractivity contribution is -0.117. The predicted octanol–water partition coefficient (Wildman–Crippen LogP) is 7.48. The Morgan fingerprint density at radius 2 is 1.68 bits per heavy atom. The van der Waals surface area contributed by atoms with E-state index >= 15 is 0 Å². The van der Waals surface area contributed by atoms with Gasteiger partial charge in [0.15, 0.2) is 11.5 Å². The summed E-state index contributed by atoms with van der Waals surface area (Å²) >= 11 is 18.4. The number of halogens is 3. The first kappa shape index (κ1) is 22.5. The smallest absolute Gasteiger partial charge is 0.294 e. The number of benzene rings is 3. The third-order valence-electron chi connectivity index (χ3n) is 5.64. The topological polar surface area (TPSA) is 70.7 Å². The van der Waals surface area contributed by atoms with Crippen molar-refractivity contribution in [1.82, 2.24) is 0 Å². The van der Waals surface area contributed by atoms with Crippen LogP contribution in [0, 0.1) is 6.92 Å². The summed E-state index contributed by atoms with van der Waals surface area (Å²) in [7, 11) is 0. The van der Waals surface area contributed by atoms with Crippen molar-refractivity contribution in [2.45, 2.75) is 13.0 Å². The van der Waals surface area contributed by atoms with E-state index < -0.39 is 23.5 Å². The Bertz CT molecular complexity index is 1500. The fourth-order valence-corrected chi connectivity index (χ4v) is 4.89. The number of hydrogen-bond donors (Lipinski definition) is 1. The van der Waals surface area contributed by atoms with E-state index in [0.717, 1.165) is 5.56 Å². The standard InChI is InChI=1S/C26H16Cl3NO4/c1-13-3-2-4-14(7-13)23-22(24(31)21-9-15-8-16(27)5-6-20(15)34-21)25(32)26(33)30(23)19-11-17(28)10-18(29)12-19/h2-12,23,32H,1H3. The van der Waals surface area contributed by atoms with E-state index in [2.05, 4.69) is 0 Å². The first-order valence-electron chi connectivity index (χ1n) is 10.3. The van der Waals surface area contributed by atoms with E-state index in [9.17, 15) is 14.7 Å². The minimum Gasteiger partial charge on any atom is -0.503 e. The molecule has 0 saturated heterocycles. The maximum absolute atomic E-state index is 13.7. The molecule has 5 nitrogen and oxygen atoms in total. The van der Waals surface area contributed by atoms with Crippen molar-refractivity contribution < 1.29 is 19.1 Å². The monoisotopic (exact) mass is 511 g/mol. The third kappa shape index (κ3) is 3.86. The number of nitrogens with zero attached hydrogens (tertiary/aromatic N) is 1. The van der Waals surface area contributed by atoms with Gasteiger partial charge >= 0.3 is 0 Å². The van der Waals surface area contributed by atoms with Crippen molar-refractivity contribution in [3.63, 3.8) is 0 Å². The van der Waals surface area contributed by atoms with E-state index in [0.29, 0.717) is 37.3 Å². The first-order chi connectivity index (χ1) is 16.2. The quantitative estimate of drug-likeness (QED) is 0.288. The van der Waals surface area contributed by atoms with Crippen LogP contribution >= 0.6 is 34.8 Å². The van der Waals surface area contributed by atoms with E-state index in [4.69, 9.17) is 39.2 Å². The number of Topliss-reactive ketones (excluding diaryl/α,β-unsaturated/α-hetero) is 1. The number of ketones is 1. The van der Waals surface area contributed by atoms with Gasteiger partial charge in [-0.3, -0.25) is 14.5 Å². The molecule has 4 aromatic rings. The van der Waals surface area contributed by atoms with Gasteiger partial charge in [0.1, 0.15) is 5.58 Å². The molecule has 0 radical (unpaired) electrons. The highest BCUT2D eigenvalue weighted by atomic mass is 35.5. The molecule has 1 amide bonds. The maximum atomic E-state index is 13.7. The Morgan fingerprint density at radius 1 is 0.941 bits per heavy atom. The number of aliphatic hydroxyl groups excluding tert-OH is 1. The van der Waals surface area contributed by atoms with Crippen molar-refractivity contribution in [2.75, 3.05) is 4.90 Å². The summed E-state index contributed by atoms with van der Waals surface area (Å²) in [6.45, 7) is 1.90. The predicted molar refractivity (Wildman–Crippen MR) is 133 cm³/mol. The van der Waals surface area contributed by atoms with Crippen LogP contribution in [0.15, 0.2) is 82.5 Å². The number of hydrogen-bond acceptors (Lipinski definition) is 4. The second-order valence-corrected chi connectivity index (χ2v) is 9.31. The van der Waals surface area contributed by atoms with Crippen molar-refractivity contribution in [3.8, 4) is 0 Å². The number of aryl methyl sites for hydroxylation is 1. The molecule has 3 aromatic carbocycles. The van der Waals surface area contributed by atoms with Crippen molar-refractivity contribution in [3.05, 3.63) is 110 Å². The number of amides is 1. The molecule has 0 fully saturated rings. The molecule has 0 bridgehead atoms. The van der Waals surface area contributed by atoms with Gasteiger partial charge < -0.3 is 9.52 Å². The summed E-state index contributed by atoms with van der Waals surface area (Å²) < 4.78 is 5.74. The third-order valence-corrected chi connectivity index (χ3v) is 6.31. The van der Waals surface area contributed by atoms with E-state index in [-0.39, 0.29) is 11.3 Å². The van der Waals surface area contributed by atoms with Gasteiger partial charge in [-0.2, -0.15) is 0 Å². The van der Waals surface area contributed by atoms with E-state index in [1.165, 1.54) is 11.0 Å². The van der Waals surface area contributed by atoms with Crippen LogP contribution in [0.4, 0.5) is 5.69 Å². The summed E-state index contributed by atoms with van der Waals surface area (Å²) in [5.74, 6) is -2.03. The van der Waals surface area contributed by atoms with Gasteiger partial charge in [-0.15, -0.1) is 0 Å². The molecule has 8 heteroatoms. The minimum absolute atomic E-state index is 0.0183. The Hall–Kier alpha value is -3.25. The van der Waals surface area contributed by atoms with Crippen LogP contribution in [0.25, 0.3) is 11.0 Å². The fraction of sp³-hybridized carbons (Fsp3) is 0.0769. The average molecular weight is 513 g/mol. The molecule has 0 saturated carbocycles. The molecule has 1 N–H and O–H groups in total. The molecule has 1 unspecified atom stereocenters. The van der Waals surface area contributed by atoms with E-state index in [1.807, 2.05) is 25.1 Å². The van der Waals surface area contributed by atoms with Gasteiger partial charge in [-0.25, -0.2) is 0 Å². The van der Waals surface area contributed by atoms with E-state index in [1.54, 1.807) is 42.5 Å². The molecule has 1 aliphatic rings. The number of aliphatic hydroxyl groups is 1. The van der Waals surface area contributed by atoms with Crippen LogP contribution in [-0.4, -0.2) is 16.8 Å². The van der Waals surface area contributed by atoms with Gasteiger partial charge in [0, 0.05) is 26.1 Å². The molecule has 5 rings (SSSR count). The van der Waals surface area contributed by atoms with Crippen LogP contribution in [-0.2, 0) is 4.79 Å². The minimum atomic E-state index is -0.925. The Labute approximate surface area is 209 Å². The molecule has 1 atom stereocenters. The molecular formula is C26H16Cl3NO4. The molecule has 0 aliphatic carbocycles.